The van der Waals surface area contributed by atoms with Crippen molar-refractivity contribution in [1.82, 2.24) is 9.91 Å². The van der Waals surface area contributed by atoms with E-state index in [1.807, 2.05) is 0 Å². The molecule has 1 aliphatic heterocycles. The fourth-order valence-corrected chi connectivity index (χ4v) is 1.29. The van der Waals surface area contributed by atoms with Crippen LogP contribution in [0.3, 0.4) is 0 Å². The largest absolute Gasteiger partial charge is 0.401 e. The Labute approximate surface area is 73.0 Å². The summed E-state index contributed by atoms with van der Waals surface area (Å²) in [6.45, 7) is -0.650. The molecule has 4 nitrogen and oxygen atoms in total. The van der Waals surface area contributed by atoms with E-state index < -0.39 is 18.9 Å². The number of hydrogen-bond donors (Lipinski definition) is 1. The van der Waals surface area contributed by atoms with Crippen LogP contribution in [0.2, 0.25) is 0 Å². The number of alkyl halides is 3. The van der Waals surface area contributed by atoms with Crippen LogP contribution in [0, 0.1) is 0 Å². The average Bonchev–Trinajstić information content (AvgIpc) is 2.28. The van der Waals surface area contributed by atoms with Crippen molar-refractivity contribution in [2.24, 2.45) is 5.84 Å². The quantitative estimate of drug-likeness (QED) is 0.482. The van der Waals surface area contributed by atoms with Gasteiger partial charge in [-0.3, -0.25) is 10.7 Å². The van der Waals surface area contributed by atoms with E-state index >= 15 is 0 Å². The molecule has 7 heteroatoms. The molecule has 13 heavy (non-hydrogen) atoms. The number of nitrogens with two attached hydrogens (primary N) is 1. The maximum absolute atomic E-state index is 11.9. The summed E-state index contributed by atoms with van der Waals surface area (Å²) >= 11 is 0. The molecular formula is C6H10F3N3O. The number of carbonyl (C=O) groups is 1. The molecule has 0 aromatic carbocycles. The Balaban J connectivity index is 2.56. The first-order valence-corrected chi connectivity index (χ1v) is 3.71. The molecule has 0 aromatic heterocycles. The van der Waals surface area contributed by atoms with E-state index in [1.165, 1.54) is 0 Å². The van der Waals surface area contributed by atoms with Gasteiger partial charge in [0.05, 0.1) is 6.54 Å². The molecule has 1 aliphatic rings. The zero-order valence-corrected chi connectivity index (χ0v) is 6.79. The Morgan fingerprint density at radius 2 is 2.08 bits per heavy atom. The molecule has 0 aromatic rings. The van der Waals surface area contributed by atoms with Crippen LogP contribution in [0.4, 0.5) is 13.2 Å². The Bertz CT molecular complexity index is 196. The summed E-state index contributed by atoms with van der Waals surface area (Å²) in [6, 6.07) is 0. The maximum atomic E-state index is 11.9. The fourth-order valence-electron chi connectivity index (χ4n) is 1.29. The lowest BCUT2D eigenvalue weighted by Crippen LogP contribution is -2.46. The maximum Gasteiger partial charge on any atom is 0.401 e. The van der Waals surface area contributed by atoms with E-state index in [2.05, 4.69) is 0 Å². The fraction of sp³-hybridized carbons (Fsp3) is 0.833. The van der Waals surface area contributed by atoms with Crippen molar-refractivity contribution in [1.29, 1.82) is 0 Å². The first kappa shape index (κ1) is 10.4. The molecule has 0 amide bonds. The van der Waals surface area contributed by atoms with Crippen LogP contribution in [0.15, 0.2) is 0 Å². The molecule has 1 saturated heterocycles. The molecule has 0 saturated carbocycles. The van der Waals surface area contributed by atoms with Crippen molar-refractivity contribution in [2.45, 2.75) is 12.3 Å². The van der Waals surface area contributed by atoms with Crippen molar-refractivity contribution in [3.63, 3.8) is 0 Å². The van der Waals surface area contributed by atoms with E-state index in [0.29, 0.717) is 6.29 Å². The van der Waals surface area contributed by atoms with Gasteiger partial charge in [0.2, 0.25) is 0 Å². The second-order valence-corrected chi connectivity index (χ2v) is 2.87. The number of hydrogen-bond acceptors (Lipinski definition) is 4. The molecule has 76 valence electrons. The van der Waals surface area contributed by atoms with Gasteiger partial charge in [-0.25, -0.2) is 5.01 Å². The average molecular weight is 197 g/mol. The van der Waals surface area contributed by atoms with Gasteiger partial charge in [0.15, 0.2) is 6.29 Å². The number of rotatable bonds is 2. The first-order chi connectivity index (χ1) is 5.94. The van der Waals surface area contributed by atoms with Gasteiger partial charge in [0, 0.05) is 13.1 Å². The molecule has 1 heterocycles. The number of hydrazine groups is 1. The Kier molecular flexibility index (Phi) is 2.89. The van der Waals surface area contributed by atoms with Gasteiger partial charge in [0.25, 0.3) is 0 Å². The minimum atomic E-state index is -4.29. The number of aldehydes is 1. The Hall–Kier alpha value is -0.660. The van der Waals surface area contributed by atoms with Gasteiger partial charge in [-0.15, -0.1) is 0 Å². The van der Waals surface area contributed by atoms with Crippen LogP contribution < -0.4 is 5.84 Å². The Morgan fingerprint density at radius 1 is 1.46 bits per heavy atom. The third-order valence-corrected chi connectivity index (χ3v) is 1.86. The monoisotopic (exact) mass is 197 g/mol. The third-order valence-electron chi connectivity index (χ3n) is 1.86. The first-order valence-electron chi connectivity index (χ1n) is 3.71. The summed E-state index contributed by atoms with van der Waals surface area (Å²) < 4.78 is 35.8. The lowest BCUT2D eigenvalue weighted by Gasteiger charge is -2.23. The van der Waals surface area contributed by atoms with Crippen LogP contribution in [0.5, 0.6) is 0 Å². The summed E-state index contributed by atoms with van der Waals surface area (Å²) in [5.74, 6) is 5.29. The highest BCUT2D eigenvalue weighted by Crippen LogP contribution is 2.20. The van der Waals surface area contributed by atoms with Crippen molar-refractivity contribution >= 4 is 6.29 Å². The predicted octanol–water partition coefficient (Wildman–Crippen LogP) is -0.435. The standard InChI is InChI=1S/C6H10F3N3O/c7-6(8,9)4-11-1-2-12(10)5(11)3-13/h3,5H,1-2,4,10H2. The van der Waals surface area contributed by atoms with E-state index in [0.717, 1.165) is 9.91 Å². The van der Waals surface area contributed by atoms with E-state index in [-0.39, 0.29) is 13.1 Å². The van der Waals surface area contributed by atoms with Crippen LogP contribution >= 0.6 is 0 Å². The zero-order chi connectivity index (χ0) is 10.1. The number of halogens is 3. The number of carbonyl (C=O) groups excluding carboxylic acids is 1. The Morgan fingerprint density at radius 3 is 2.54 bits per heavy atom. The van der Waals surface area contributed by atoms with E-state index in [4.69, 9.17) is 5.84 Å². The minimum Gasteiger partial charge on any atom is -0.300 e. The smallest absolute Gasteiger partial charge is 0.300 e. The van der Waals surface area contributed by atoms with Gasteiger partial charge in [-0.05, 0) is 0 Å². The highest BCUT2D eigenvalue weighted by Gasteiger charge is 2.38. The number of nitrogens with zero attached hydrogens (tertiary/aromatic N) is 2. The van der Waals surface area contributed by atoms with Crippen LogP contribution in [0.25, 0.3) is 0 Å². The van der Waals surface area contributed by atoms with Crippen molar-refractivity contribution < 1.29 is 18.0 Å². The highest BCUT2D eigenvalue weighted by atomic mass is 19.4. The lowest BCUT2D eigenvalue weighted by atomic mass is 10.4. The second-order valence-electron chi connectivity index (χ2n) is 2.87. The lowest BCUT2D eigenvalue weighted by molar-refractivity contribution is -0.152. The third kappa shape index (κ3) is 2.64. The SMILES string of the molecule is NN1CCN(CC(F)(F)F)C1C=O. The van der Waals surface area contributed by atoms with Crippen LogP contribution in [0.1, 0.15) is 0 Å². The van der Waals surface area contributed by atoms with Gasteiger partial charge in [-0.2, -0.15) is 13.2 Å². The van der Waals surface area contributed by atoms with Crippen LogP contribution in [-0.2, 0) is 4.79 Å². The topological polar surface area (TPSA) is 49.6 Å². The molecule has 0 aliphatic carbocycles. The molecule has 1 fully saturated rings. The van der Waals surface area contributed by atoms with Gasteiger partial charge >= 0.3 is 6.18 Å². The summed E-state index contributed by atoms with van der Waals surface area (Å²) in [6.07, 6.45) is -4.81. The van der Waals surface area contributed by atoms with E-state index in [1.54, 1.807) is 0 Å². The molecule has 0 spiro atoms. The summed E-state index contributed by atoms with van der Waals surface area (Å²) in [7, 11) is 0. The van der Waals surface area contributed by atoms with Gasteiger partial charge in [0.1, 0.15) is 6.17 Å². The highest BCUT2D eigenvalue weighted by molar-refractivity contribution is 5.57. The molecule has 1 rings (SSSR count). The summed E-state index contributed by atoms with van der Waals surface area (Å²) in [5, 5.41) is 1.10. The van der Waals surface area contributed by atoms with Crippen molar-refractivity contribution in [3.8, 4) is 0 Å². The molecule has 1 unspecified atom stereocenters. The molecule has 2 N–H and O–H groups in total. The normalized spacial score (nSPS) is 26.6. The summed E-state index contributed by atoms with van der Waals surface area (Å²) in [5.41, 5.74) is 0. The predicted molar refractivity (Wildman–Crippen MR) is 38.4 cm³/mol. The van der Waals surface area contributed by atoms with Crippen molar-refractivity contribution in [3.05, 3.63) is 0 Å². The molecular weight excluding hydrogens is 187 g/mol. The zero-order valence-electron chi connectivity index (χ0n) is 6.79. The van der Waals surface area contributed by atoms with Gasteiger partial charge in [-0.1, -0.05) is 0 Å². The molecule has 0 radical (unpaired) electrons. The molecule has 0 bridgehead atoms. The second kappa shape index (κ2) is 3.60. The molecule has 1 atom stereocenters. The van der Waals surface area contributed by atoms with Gasteiger partial charge < -0.3 is 4.79 Å². The minimum absolute atomic E-state index is 0.166. The van der Waals surface area contributed by atoms with E-state index in [9.17, 15) is 18.0 Å². The van der Waals surface area contributed by atoms with Crippen molar-refractivity contribution in [2.75, 3.05) is 19.6 Å². The van der Waals surface area contributed by atoms with Crippen LogP contribution in [-0.4, -0.2) is 48.2 Å². The summed E-state index contributed by atoms with van der Waals surface area (Å²) in [4.78, 5) is 11.4.